The Labute approximate surface area is 92.3 Å². The fourth-order valence-corrected chi connectivity index (χ4v) is 2.25. The standard InChI is InChI=1S/C11H13N3O2/c1-2-11(4-3-5-11)14-7-8(6-12)9(15)13-10(14)16/h7H,2-5H2,1H3,(H,13,15,16). The number of aromatic nitrogens is 2. The van der Waals surface area contributed by atoms with E-state index >= 15 is 0 Å². The lowest BCUT2D eigenvalue weighted by molar-refractivity contribution is 0.128. The third-order valence-electron chi connectivity index (χ3n) is 3.52. The smallest absolute Gasteiger partial charge is 0.293 e. The average molecular weight is 219 g/mol. The largest absolute Gasteiger partial charge is 0.328 e. The third-order valence-corrected chi connectivity index (χ3v) is 3.52. The van der Waals surface area contributed by atoms with Crippen LogP contribution >= 0.6 is 0 Å². The molecule has 5 heteroatoms. The van der Waals surface area contributed by atoms with Crippen molar-refractivity contribution in [3.63, 3.8) is 0 Å². The molecule has 1 aromatic rings. The average Bonchev–Trinajstić information content (AvgIpc) is 2.20. The van der Waals surface area contributed by atoms with Crippen molar-refractivity contribution in [2.24, 2.45) is 0 Å². The van der Waals surface area contributed by atoms with Crippen molar-refractivity contribution in [2.45, 2.75) is 38.1 Å². The molecule has 0 amide bonds. The normalized spacial score (nSPS) is 17.5. The van der Waals surface area contributed by atoms with Gasteiger partial charge in [-0.3, -0.25) is 14.3 Å². The van der Waals surface area contributed by atoms with E-state index in [4.69, 9.17) is 5.26 Å². The van der Waals surface area contributed by atoms with Crippen molar-refractivity contribution in [1.82, 2.24) is 9.55 Å². The van der Waals surface area contributed by atoms with E-state index in [-0.39, 0.29) is 11.1 Å². The van der Waals surface area contributed by atoms with Crippen LogP contribution in [0.15, 0.2) is 15.8 Å². The fraction of sp³-hybridized carbons (Fsp3) is 0.545. The maximum atomic E-state index is 11.7. The number of H-pyrrole nitrogens is 1. The molecule has 1 N–H and O–H groups in total. The van der Waals surface area contributed by atoms with Gasteiger partial charge in [0.1, 0.15) is 11.6 Å². The van der Waals surface area contributed by atoms with E-state index in [9.17, 15) is 9.59 Å². The molecule has 0 aliphatic heterocycles. The maximum Gasteiger partial charge on any atom is 0.328 e. The van der Waals surface area contributed by atoms with Gasteiger partial charge in [0, 0.05) is 11.7 Å². The van der Waals surface area contributed by atoms with Crippen LogP contribution in [0.3, 0.4) is 0 Å². The second-order valence-electron chi connectivity index (χ2n) is 4.22. The van der Waals surface area contributed by atoms with Gasteiger partial charge in [-0.05, 0) is 25.7 Å². The Kier molecular flexibility index (Phi) is 2.43. The molecule has 1 aliphatic carbocycles. The number of nitrogens with zero attached hydrogens (tertiary/aromatic N) is 2. The topological polar surface area (TPSA) is 78.7 Å². The molecule has 0 radical (unpaired) electrons. The molecular formula is C11H13N3O2. The van der Waals surface area contributed by atoms with E-state index in [2.05, 4.69) is 4.98 Å². The summed E-state index contributed by atoms with van der Waals surface area (Å²) in [6.07, 6.45) is 5.18. The summed E-state index contributed by atoms with van der Waals surface area (Å²) in [4.78, 5) is 25.2. The number of rotatable bonds is 2. The molecule has 0 unspecified atom stereocenters. The van der Waals surface area contributed by atoms with Crippen molar-refractivity contribution < 1.29 is 0 Å². The number of aromatic amines is 1. The van der Waals surface area contributed by atoms with E-state index in [0.29, 0.717) is 0 Å². The zero-order valence-electron chi connectivity index (χ0n) is 9.12. The van der Waals surface area contributed by atoms with E-state index in [1.807, 2.05) is 6.92 Å². The molecule has 1 aliphatic rings. The zero-order valence-corrected chi connectivity index (χ0v) is 9.12. The number of hydrogen-bond acceptors (Lipinski definition) is 3. The van der Waals surface area contributed by atoms with Crippen LogP contribution in [0, 0.1) is 11.3 Å². The Bertz CT molecular complexity index is 552. The lowest BCUT2D eigenvalue weighted by Gasteiger charge is -2.42. The maximum absolute atomic E-state index is 11.7. The van der Waals surface area contributed by atoms with E-state index in [1.165, 1.54) is 10.8 Å². The quantitative estimate of drug-likeness (QED) is 0.795. The summed E-state index contributed by atoms with van der Waals surface area (Å²) in [6.45, 7) is 2.02. The first-order chi connectivity index (χ1) is 7.63. The van der Waals surface area contributed by atoms with Crippen molar-refractivity contribution in [3.8, 4) is 6.07 Å². The van der Waals surface area contributed by atoms with Gasteiger partial charge in [-0.1, -0.05) is 6.92 Å². The molecule has 1 heterocycles. The van der Waals surface area contributed by atoms with Crippen molar-refractivity contribution in [2.75, 3.05) is 0 Å². The monoisotopic (exact) mass is 219 g/mol. The Hall–Kier alpha value is -1.83. The highest BCUT2D eigenvalue weighted by Gasteiger charge is 2.38. The summed E-state index contributed by atoms with van der Waals surface area (Å²) >= 11 is 0. The summed E-state index contributed by atoms with van der Waals surface area (Å²) in [5.41, 5.74) is -1.20. The van der Waals surface area contributed by atoms with Crippen molar-refractivity contribution in [3.05, 3.63) is 32.6 Å². The Morgan fingerprint density at radius 2 is 2.25 bits per heavy atom. The van der Waals surface area contributed by atoms with Crippen LogP contribution in [0.25, 0.3) is 0 Å². The van der Waals surface area contributed by atoms with Crippen LogP contribution in [0.4, 0.5) is 0 Å². The van der Waals surface area contributed by atoms with Crippen LogP contribution in [-0.2, 0) is 5.54 Å². The molecule has 1 aromatic heterocycles. The minimum atomic E-state index is -0.602. The molecule has 0 spiro atoms. The molecule has 5 nitrogen and oxygen atoms in total. The molecular weight excluding hydrogens is 206 g/mol. The molecule has 1 fully saturated rings. The summed E-state index contributed by atoms with van der Waals surface area (Å²) in [5.74, 6) is 0. The van der Waals surface area contributed by atoms with Gasteiger partial charge in [0.2, 0.25) is 0 Å². The fourth-order valence-electron chi connectivity index (χ4n) is 2.25. The van der Waals surface area contributed by atoms with Crippen LogP contribution in [0.1, 0.15) is 38.2 Å². The van der Waals surface area contributed by atoms with E-state index in [0.717, 1.165) is 25.7 Å². The molecule has 2 rings (SSSR count). The highest BCUT2D eigenvalue weighted by Crippen LogP contribution is 2.40. The molecule has 0 bridgehead atoms. The lowest BCUT2D eigenvalue weighted by Crippen LogP contribution is -2.48. The van der Waals surface area contributed by atoms with Gasteiger partial charge in [-0.15, -0.1) is 0 Å². The highest BCUT2D eigenvalue weighted by molar-refractivity contribution is 5.22. The molecule has 16 heavy (non-hydrogen) atoms. The van der Waals surface area contributed by atoms with Crippen LogP contribution in [0.5, 0.6) is 0 Å². The summed E-state index contributed by atoms with van der Waals surface area (Å²) in [6, 6.07) is 1.80. The predicted molar refractivity (Wildman–Crippen MR) is 58.2 cm³/mol. The third kappa shape index (κ3) is 1.38. The number of hydrogen-bond donors (Lipinski definition) is 1. The SMILES string of the molecule is CCC1(n2cc(C#N)c(=O)[nH]c2=O)CCC1. The molecule has 1 saturated carbocycles. The second-order valence-corrected chi connectivity index (χ2v) is 4.22. The van der Waals surface area contributed by atoms with Crippen LogP contribution in [0.2, 0.25) is 0 Å². The highest BCUT2D eigenvalue weighted by atomic mass is 16.2. The molecule has 0 aromatic carbocycles. The van der Waals surface area contributed by atoms with Gasteiger partial charge in [0.25, 0.3) is 5.56 Å². The summed E-state index contributed by atoms with van der Waals surface area (Å²) in [5, 5.41) is 8.78. The number of nitrogens with one attached hydrogen (secondary N) is 1. The Morgan fingerprint density at radius 1 is 1.56 bits per heavy atom. The summed E-state index contributed by atoms with van der Waals surface area (Å²) in [7, 11) is 0. The minimum absolute atomic E-state index is 0.000625. The first kappa shape index (κ1) is 10.7. The van der Waals surface area contributed by atoms with E-state index < -0.39 is 11.2 Å². The Balaban J connectivity index is 2.62. The Morgan fingerprint density at radius 3 is 2.69 bits per heavy atom. The minimum Gasteiger partial charge on any atom is -0.293 e. The van der Waals surface area contributed by atoms with Gasteiger partial charge in [0.15, 0.2) is 0 Å². The zero-order chi connectivity index (χ0) is 11.8. The number of nitriles is 1. The van der Waals surface area contributed by atoms with E-state index in [1.54, 1.807) is 6.07 Å². The summed E-state index contributed by atoms with van der Waals surface area (Å²) < 4.78 is 1.52. The molecule has 0 saturated heterocycles. The van der Waals surface area contributed by atoms with Crippen molar-refractivity contribution in [1.29, 1.82) is 5.26 Å². The van der Waals surface area contributed by atoms with Crippen LogP contribution < -0.4 is 11.2 Å². The first-order valence-electron chi connectivity index (χ1n) is 5.39. The second kappa shape index (κ2) is 3.63. The lowest BCUT2D eigenvalue weighted by atomic mass is 9.74. The van der Waals surface area contributed by atoms with Gasteiger partial charge >= 0.3 is 5.69 Å². The van der Waals surface area contributed by atoms with Gasteiger partial charge in [0.05, 0.1) is 0 Å². The molecule has 84 valence electrons. The molecule has 0 atom stereocenters. The van der Waals surface area contributed by atoms with Crippen molar-refractivity contribution >= 4 is 0 Å². The van der Waals surface area contributed by atoms with Gasteiger partial charge in [-0.2, -0.15) is 5.26 Å². The van der Waals surface area contributed by atoms with Gasteiger partial charge in [-0.25, -0.2) is 4.79 Å². The van der Waals surface area contributed by atoms with Crippen LogP contribution in [-0.4, -0.2) is 9.55 Å². The van der Waals surface area contributed by atoms with Gasteiger partial charge < -0.3 is 0 Å². The predicted octanol–water partition coefficient (Wildman–Crippen LogP) is 0.697. The first-order valence-corrected chi connectivity index (χ1v) is 5.39.